The summed E-state index contributed by atoms with van der Waals surface area (Å²) in [5.41, 5.74) is 55.8. The van der Waals surface area contributed by atoms with Gasteiger partial charge in [0.2, 0.25) is 82.7 Å². The molecule has 35 N–H and O–H groups in total. The van der Waals surface area contributed by atoms with Gasteiger partial charge in [0.15, 0.2) is 17.9 Å². The van der Waals surface area contributed by atoms with Crippen LogP contribution in [0.5, 0.6) is 0 Å². The van der Waals surface area contributed by atoms with E-state index in [-0.39, 0.29) is 108 Å². The fourth-order valence-corrected chi connectivity index (χ4v) is 10.3. The number of guanidine groups is 3. The van der Waals surface area contributed by atoms with Gasteiger partial charge in [-0.15, -0.1) is 0 Å². The van der Waals surface area contributed by atoms with Crippen LogP contribution in [0, 0.1) is 11.8 Å². The zero-order valence-electron chi connectivity index (χ0n) is 62.5. The van der Waals surface area contributed by atoms with E-state index in [2.05, 4.69) is 78.8 Å². The van der Waals surface area contributed by atoms with Gasteiger partial charge in [0.25, 0.3) is 0 Å². The van der Waals surface area contributed by atoms with Crippen LogP contribution in [0.25, 0.3) is 0 Å². The van der Waals surface area contributed by atoms with E-state index in [0.29, 0.717) is 18.4 Å². The van der Waals surface area contributed by atoms with E-state index in [1.54, 1.807) is 58.0 Å². The molecule has 1 aromatic rings. The first-order valence-electron chi connectivity index (χ1n) is 35.6. The molecule has 0 aliphatic rings. The molecule has 0 aliphatic carbocycles. The molecule has 1 aromatic carbocycles. The summed E-state index contributed by atoms with van der Waals surface area (Å²) in [7, 11) is 0. The molecule has 0 radical (unpaired) electrons. The molecule has 0 saturated carbocycles. The number of carboxylic acid groups (broad SMARTS) is 1. The predicted molar refractivity (Wildman–Crippen MR) is 398 cm³/mol. The molecule has 43 nitrogen and oxygen atoms in total. The van der Waals surface area contributed by atoms with Crippen molar-refractivity contribution < 1.29 is 87.2 Å². The van der Waals surface area contributed by atoms with Crippen molar-refractivity contribution in [2.24, 2.45) is 84.1 Å². The monoisotopic (exact) mass is 1550 g/mol. The lowest BCUT2D eigenvalue weighted by Gasteiger charge is -2.30. The Morgan fingerprint density at radius 1 is 0.450 bits per heavy atom. The number of benzene rings is 1. The minimum Gasteiger partial charge on any atom is -0.480 e. The number of aliphatic imine (C=N–C) groups is 3. The second-order valence-electron chi connectivity index (χ2n) is 26.3. The number of hydrogen-bond donors (Lipinski definition) is 25. The maximum absolute atomic E-state index is 14.5. The number of unbranched alkanes of at least 4 members (excludes halogenated alkanes) is 1. The lowest BCUT2D eigenvalue weighted by atomic mass is 9.96. The summed E-state index contributed by atoms with van der Waals surface area (Å²) in [5.74, 6) is -17.7. The number of aliphatic hydroxyl groups is 2. The third kappa shape index (κ3) is 39.4. The number of primary amides is 2. The van der Waals surface area contributed by atoms with Gasteiger partial charge in [-0.1, -0.05) is 64.4 Å². The molecule has 0 saturated heterocycles. The fraction of sp³-hybridized carbons (Fsp3) is 0.636. The van der Waals surface area contributed by atoms with Crippen LogP contribution in [0.15, 0.2) is 45.3 Å². The molecule has 0 bridgehead atoms. The Bertz CT molecular complexity index is 3280. The van der Waals surface area contributed by atoms with Gasteiger partial charge in [0, 0.05) is 32.5 Å². The molecule has 0 unspecified atom stereocenters. The van der Waals surface area contributed by atoms with Crippen LogP contribution in [0.1, 0.15) is 137 Å². The fourth-order valence-electron chi connectivity index (χ4n) is 10.3. The maximum Gasteiger partial charge on any atom is 0.326 e. The van der Waals surface area contributed by atoms with Gasteiger partial charge < -0.3 is 136 Å². The Kier molecular flexibility index (Phi) is 45.1. The summed E-state index contributed by atoms with van der Waals surface area (Å²) < 4.78 is 0. The zero-order valence-corrected chi connectivity index (χ0v) is 62.5. The van der Waals surface area contributed by atoms with Crippen LogP contribution >= 0.6 is 0 Å². The first-order valence-corrected chi connectivity index (χ1v) is 35.6. The summed E-state index contributed by atoms with van der Waals surface area (Å²) in [5, 5.41) is 60.5. The molecule has 14 atom stereocenters. The Morgan fingerprint density at radius 3 is 1.35 bits per heavy atom. The molecular formula is C66H115N25O18. The highest BCUT2D eigenvalue weighted by Gasteiger charge is 2.39. The van der Waals surface area contributed by atoms with Crippen molar-refractivity contribution >= 4 is 107 Å². The average Bonchev–Trinajstić information content (AvgIpc) is 0.861. The smallest absolute Gasteiger partial charge is 0.326 e. The van der Waals surface area contributed by atoms with Crippen LogP contribution in [0.2, 0.25) is 0 Å². The van der Waals surface area contributed by atoms with E-state index >= 15 is 0 Å². The number of amides is 14. The summed E-state index contributed by atoms with van der Waals surface area (Å²) in [6, 6.07) is -10.5. The zero-order chi connectivity index (χ0) is 82.6. The number of aliphatic hydroxyl groups excluding tert-OH is 2. The second-order valence-corrected chi connectivity index (χ2v) is 26.3. The molecule has 0 aromatic heterocycles. The molecule has 0 aliphatic heterocycles. The van der Waals surface area contributed by atoms with Crippen LogP contribution in [-0.4, -0.2) is 240 Å². The Labute approximate surface area is 631 Å². The van der Waals surface area contributed by atoms with Gasteiger partial charge in [-0.25, -0.2) is 4.79 Å². The maximum atomic E-state index is 14.5. The van der Waals surface area contributed by atoms with Crippen molar-refractivity contribution in [3.8, 4) is 0 Å². The molecule has 0 spiro atoms. The molecule has 43 heteroatoms. The van der Waals surface area contributed by atoms with Crippen molar-refractivity contribution in [3.63, 3.8) is 0 Å². The third-order valence-corrected chi connectivity index (χ3v) is 16.5. The van der Waals surface area contributed by atoms with Crippen LogP contribution < -0.4 is 121 Å². The van der Waals surface area contributed by atoms with Gasteiger partial charge in [0.1, 0.15) is 66.5 Å². The minimum absolute atomic E-state index is 0.0151. The molecule has 0 heterocycles. The van der Waals surface area contributed by atoms with Crippen molar-refractivity contribution in [1.82, 2.24) is 63.8 Å². The van der Waals surface area contributed by atoms with Crippen LogP contribution in [-0.2, 0) is 78.3 Å². The number of nitrogens with two attached hydrogens (primary N) is 10. The summed E-state index contributed by atoms with van der Waals surface area (Å²) in [6.07, 6.45) is -3.16. The molecule has 0 fully saturated rings. The van der Waals surface area contributed by atoms with E-state index in [1.165, 1.54) is 6.92 Å². The molecule has 612 valence electrons. The first-order chi connectivity index (χ1) is 51.2. The highest BCUT2D eigenvalue weighted by molar-refractivity contribution is 6.00. The van der Waals surface area contributed by atoms with Gasteiger partial charge in [0.05, 0.1) is 31.7 Å². The number of aliphatic carboxylic acids is 1. The molecule has 109 heavy (non-hydrogen) atoms. The van der Waals surface area contributed by atoms with Crippen molar-refractivity contribution in [1.29, 1.82) is 0 Å². The molecular weight excluding hydrogens is 1430 g/mol. The number of carbonyl (C=O) groups excluding carboxylic acids is 14. The lowest BCUT2D eigenvalue weighted by Crippen LogP contribution is -2.62. The quantitative estimate of drug-likeness (QED) is 0.0164. The standard InChI is InChI=1S/C66H115N25O18/c1-7-34(4)50(90-57(102)39(20-14-26-78-65(73)74)82-49(96)31-80-52(97)35(5)81-53(98)38(68)18-13-25-77-64(71)72)61(106)91-51(36(6)93)62(107)85-41(21-15-27-79-66(75)76)54(99)86-43(28-33(2)3)58(103)87-44(30-48(70)95)59(104)89-46(32-92)60(105)84-42(22-23-47(69)94)56(101)83-40(19-11-12-24-67)55(100)88-45(63(108)109)29-37-16-9-8-10-17-37/h8-10,16-17,33-36,38-46,50-51,92-93H,7,11-15,18-32,67-68H2,1-6H3,(H2,69,94)(H2,70,95)(H,80,97)(H,81,98)(H,82,96)(H,83,101)(H,84,105)(H,85,107)(H,86,99)(H,87,103)(H,88,100)(H,89,104)(H,90,102)(H,91,106)(H,108,109)(H4,71,72,77)(H4,73,74,78)(H4,75,76,79)/t34-,35-,36+,38-,39-,40-,41-,42-,43-,44-,45-,46-,50-,51-/m0/s1. The van der Waals surface area contributed by atoms with Gasteiger partial charge in [-0.2, -0.15) is 0 Å². The minimum atomic E-state index is -1.99. The van der Waals surface area contributed by atoms with E-state index in [0.717, 1.165) is 6.92 Å². The number of rotatable bonds is 54. The molecule has 14 amide bonds. The number of hydrogen-bond acceptors (Lipinski definition) is 22. The summed E-state index contributed by atoms with van der Waals surface area (Å²) >= 11 is 0. The Balaban J connectivity index is 3.57. The number of nitrogens with zero attached hydrogens (tertiary/aromatic N) is 3. The predicted octanol–water partition coefficient (Wildman–Crippen LogP) is -9.99. The average molecular weight is 1550 g/mol. The van der Waals surface area contributed by atoms with Gasteiger partial charge >= 0.3 is 5.97 Å². The number of carbonyl (C=O) groups is 15. The highest BCUT2D eigenvalue weighted by atomic mass is 16.4. The van der Waals surface area contributed by atoms with Crippen LogP contribution in [0.4, 0.5) is 0 Å². The van der Waals surface area contributed by atoms with Gasteiger partial charge in [-0.05, 0) is 108 Å². The summed E-state index contributed by atoms with van der Waals surface area (Å²) in [6.45, 7) is 7.34. The summed E-state index contributed by atoms with van der Waals surface area (Å²) in [4.78, 5) is 215. The van der Waals surface area contributed by atoms with Crippen molar-refractivity contribution in [2.45, 2.75) is 216 Å². The normalized spacial score (nSPS) is 14.8. The Hall–Kier alpha value is -11.1. The number of carboxylic acids is 1. The van der Waals surface area contributed by atoms with Gasteiger partial charge in [-0.3, -0.25) is 82.1 Å². The highest BCUT2D eigenvalue weighted by Crippen LogP contribution is 2.14. The SMILES string of the molecule is CC[C@H](C)[C@H](NC(=O)[C@H](CCCN=C(N)N)NC(=O)CNC(=O)[C@H](C)NC(=O)[C@@H](N)CCCN=C(N)N)C(=O)N[C@H](C(=O)N[C@@H](CCCN=C(N)N)C(=O)N[C@@H](CC(C)C)C(=O)N[C@@H](CC(N)=O)C(=O)N[C@@H](CO)C(=O)N[C@@H](CCC(N)=O)C(=O)N[C@@H](CCCCN)C(=O)N[C@@H](Cc1ccccc1)C(=O)O)[C@@H](C)O. The van der Waals surface area contributed by atoms with E-state index in [1.807, 2.05) is 0 Å². The Morgan fingerprint density at radius 2 is 0.872 bits per heavy atom. The third-order valence-electron chi connectivity index (χ3n) is 16.5. The first kappa shape index (κ1) is 95.9. The lowest BCUT2D eigenvalue weighted by molar-refractivity contribution is -0.142. The largest absolute Gasteiger partial charge is 0.480 e. The van der Waals surface area contributed by atoms with Crippen molar-refractivity contribution in [3.05, 3.63) is 35.9 Å². The topological polar surface area (TPSA) is 758 Å². The van der Waals surface area contributed by atoms with Crippen molar-refractivity contribution in [2.75, 3.05) is 39.3 Å². The number of nitrogens with one attached hydrogen (secondary N) is 12. The van der Waals surface area contributed by atoms with E-state index < -0.39 is 212 Å². The van der Waals surface area contributed by atoms with Crippen LogP contribution in [0.3, 0.4) is 0 Å². The molecule has 1 rings (SSSR count). The van der Waals surface area contributed by atoms with E-state index in [9.17, 15) is 87.2 Å². The second kappa shape index (κ2) is 51.2. The van der Waals surface area contributed by atoms with E-state index in [4.69, 9.17) is 57.3 Å².